The molecule has 7 heteroatoms. The van der Waals surface area contributed by atoms with Crippen molar-refractivity contribution in [2.75, 3.05) is 23.5 Å². The summed E-state index contributed by atoms with van der Waals surface area (Å²) in [6, 6.07) is -0.0286. The number of anilines is 1. The maximum absolute atomic E-state index is 11.6. The molecule has 112 valence electrons. The van der Waals surface area contributed by atoms with Crippen LogP contribution in [0.5, 0.6) is 0 Å². The van der Waals surface area contributed by atoms with Crippen molar-refractivity contribution in [3.8, 4) is 0 Å². The van der Waals surface area contributed by atoms with Crippen LogP contribution in [0.1, 0.15) is 31.2 Å². The molecular formula is C13H20ClN3O2S. The number of hydrogen-bond donors (Lipinski definition) is 0. The normalized spacial score (nSPS) is 21.1. The van der Waals surface area contributed by atoms with E-state index in [9.17, 15) is 8.42 Å². The first kappa shape index (κ1) is 15.5. The summed E-state index contributed by atoms with van der Waals surface area (Å²) < 4.78 is 23.2. The van der Waals surface area contributed by atoms with E-state index in [2.05, 4.69) is 16.9 Å². The minimum Gasteiger partial charge on any atom is -0.355 e. The van der Waals surface area contributed by atoms with Crippen molar-refractivity contribution in [2.24, 2.45) is 0 Å². The van der Waals surface area contributed by atoms with Crippen molar-refractivity contribution >= 4 is 27.3 Å². The topological polar surface area (TPSA) is 63.2 Å². The zero-order valence-corrected chi connectivity index (χ0v) is 13.6. The highest BCUT2D eigenvalue weighted by molar-refractivity contribution is 7.91. The smallest absolute Gasteiger partial charge is 0.152 e. The van der Waals surface area contributed by atoms with Crippen LogP contribution in [0.25, 0.3) is 0 Å². The van der Waals surface area contributed by atoms with Gasteiger partial charge in [-0.15, -0.1) is 0 Å². The molecule has 0 aliphatic carbocycles. The standard InChI is InChI=1S/C13H20ClN3O2S/c1-4-5-11-15-12(14)9(2)13(16-11)17(3)10-6-7-20(18,19)8-10/h10H,4-8H2,1-3H3. The van der Waals surface area contributed by atoms with Crippen LogP contribution in [-0.2, 0) is 16.3 Å². The molecule has 1 saturated heterocycles. The van der Waals surface area contributed by atoms with Crippen molar-refractivity contribution in [1.82, 2.24) is 9.97 Å². The van der Waals surface area contributed by atoms with Crippen LogP contribution in [0.3, 0.4) is 0 Å². The van der Waals surface area contributed by atoms with E-state index in [0.29, 0.717) is 17.4 Å². The van der Waals surface area contributed by atoms with Crippen molar-refractivity contribution in [3.63, 3.8) is 0 Å². The van der Waals surface area contributed by atoms with Crippen molar-refractivity contribution in [2.45, 2.75) is 39.2 Å². The maximum Gasteiger partial charge on any atom is 0.152 e. The van der Waals surface area contributed by atoms with Crippen LogP contribution in [0, 0.1) is 6.92 Å². The van der Waals surface area contributed by atoms with Crippen LogP contribution >= 0.6 is 11.6 Å². The summed E-state index contributed by atoms with van der Waals surface area (Å²) in [5.74, 6) is 1.90. The Bertz CT molecular complexity index is 604. The van der Waals surface area contributed by atoms with Crippen LogP contribution in [0.15, 0.2) is 0 Å². The third-order valence-electron chi connectivity index (χ3n) is 3.67. The molecule has 0 spiro atoms. The third-order valence-corrected chi connectivity index (χ3v) is 5.79. The van der Waals surface area contributed by atoms with Crippen LogP contribution < -0.4 is 4.90 Å². The lowest BCUT2D eigenvalue weighted by Crippen LogP contribution is -2.34. The Hall–Kier alpha value is -0.880. The van der Waals surface area contributed by atoms with Gasteiger partial charge in [-0.2, -0.15) is 0 Å². The summed E-state index contributed by atoms with van der Waals surface area (Å²) in [5, 5.41) is 0.450. The Morgan fingerprint density at radius 3 is 2.65 bits per heavy atom. The van der Waals surface area contributed by atoms with Gasteiger partial charge in [0.05, 0.1) is 11.5 Å². The second-order valence-electron chi connectivity index (χ2n) is 5.30. The number of sulfone groups is 1. The molecule has 0 radical (unpaired) electrons. The zero-order chi connectivity index (χ0) is 14.9. The quantitative estimate of drug-likeness (QED) is 0.795. The fraction of sp³-hybridized carbons (Fsp3) is 0.692. The molecular weight excluding hydrogens is 298 g/mol. The number of hydrogen-bond acceptors (Lipinski definition) is 5. The maximum atomic E-state index is 11.6. The van der Waals surface area contributed by atoms with Gasteiger partial charge in [-0.3, -0.25) is 0 Å². The molecule has 1 fully saturated rings. The lowest BCUT2D eigenvalue weighted by Gasteiger charge is -2.26. The van der Waals surface area contributed by atoms with Gasteiger partial charge in [0.15, 0.2) is 9.84 Å². The van der Waals surface area contributed by atoms with E-state index >= 15 is 0 Å². The molecule has 1 unspecified atom stereocenters. The molecule has 0 saturated carbocycles. The molecule has 1 aromatic heterocycles. The van der Waals surface area contributed by atoms with Crippen LogP contribution in [0.4, 0.5) is 5.82 Å². The average Bonchev–Trinajstić information content (AvgIpc) is 2.73. The summed E-state index contributed by atoms with van der Waals surface area (Å²) >= 11 is 6.17. The largest absolute Gasteiger partial charge is 0.355 e. The van der Waals surface area contributed by atoms with Gasteiger partial charge in [0, 0.05) is 25.1 Å². The van der Waals surface area contributed by atoms with Crippen LogP contribution in [0.2, 0.25) is 5.15 Å². The van der Waals surface area contributed by atoms with Gasteiger partial charge in [-0.05, 0) is 19.8 Å². The van der Waals surface area contributed by atoms with E-state index < -0.39 is 9.84 Å². The summed E-state index contributed by atoms with van der Waals surface area (Å²) in [5.41, 5.74) is 0.804. The van der Waals surface area contributed by atoms with Gasteiger partial charge in [0.2, 0.25) is 0 Å². The van der Waals surface area contributed by atoms with E-state index in [4.69, 9.17) is 11.6 Å². The Morgan fingerprint density at radius 2 is 2.10 bits per heavy atom. The number of rotatable bonds is 4. The van der Waals surface area contributed by atoms with Gasteiger partial charge in [0.25, 0.3) is 0 Å². The molecule has 0 bridgehead atoms. The molecule has 1 aliphatic rings. The minimum absolute atomic E-state index is 0.0286. The second-order valence-corrected chi connectivity index (χ2v) is 7.88. The van der Waals surface area contributed by atoms with Crippen molar-refractivity contribution < 1.29 is 8.42 Å². The van der Waals surface area contributed by atoms with Crippen LogP contribution in [-0.4, -0.2) is 43.0 Å². The summed E-state index contributed by atoms with van der Waals surface area (Å²) in [6.45, 7) is 3.93. The monoisotopic (exact) mass is 317 g/mol. The molecule has 0 N–H and O–H groups in total. The van der Waals surface area contributed by atoms with Gasteiger partial charge in [0.1, 0.15) is 16.8 Å². The highest BCUT2D eigenvalue weighted by Gasteiger charge is 2.32. The summed E-state index contributed by atoms with van der Waals surface area (Å²) in [6.07, 6.45) is 2.35. The lowest BCUT2D eigenvalue weighted by atomic mass is 10.2. The first-order valence-corrected chi connectivity index (χ1v) is 9.00. The third kappa shape index (κ3) is 3.23. The zero-order valence-electron chi connectivity index (χ0n) is 12.1. The van der Waals surface area contributed by atoms with E-state index in [0.717, 1.165) is 24.2 Å². The molecule has 0 amide bonds. The molecule has 20 heavy (non-hydrogen) atoms. The summed E-state index contributed by atoms with van der Waals surface area (Å²) in [7, 11) is -1.03. The van der Waals surface area contributed by atoms with Crippen molar-refractivity contribution in [1.29, 1.82) is 0 Å². The van der Waals surface area contributed by atoms with Gasteiger partial charge in [-0.1, -0.05) is 18.5 Å². The number of halogens is 1. The molecule has 1 aromatic rings. The Labute approximate surface area is 125 Å². The number of aromatic nitrogens is 2. The van der Waals surface area contributed by atoms with E-state index in [1.807, 2.05) is 18.9 Å². The van der Waals surface area contributed by atoms with E-state index in [1.165, 1.54) is 0 Å². The second kappa shape index (κ2) is 5.85. The first-order chi connectivity index (χ1) is 9.34. The van der Waals surface area contributed by atoms with Crippen molar-refractivity contribution in [3.05, 3.63) is 16.5 Å². The molecule has 1 atom stereocenters. The highest BCUT2D eigenvalue weighted by Crippen LogP contribution is 2.27. The fourth-order valence-electron chi connectivity index (χ4n) is 2.45. The van der Waals surface area contributed by atoms with Gasteiger partial charge < -0.3 is 4.90 Å². The Morgan fingerprint density at radius 1 is 1.40 bits per heavy atom. The molecule has 2 heterocycles. The minimum atomic E-state index is -2.91. The Balaban J connectivity index is 2.31. The SMILES string of the molecule is CCCc1nc(Cl)c(C)c(N(C)C2CCS(=O)(=O)C2)n1. The van der Waals surface area contributed by atoms with Gasteiger partial charge in [-0.25, -0.2) is 18.4 Å². The predicted molar refractivity (Wildman–Crippen MR) is 81.2 cm³/mol. The molecule has 0 aromatic carbocycles. The lowest BCUT2D eigenvalue weighted by molar-refractivity contribution is 0.600. The first-order valence-electron chi connectivity index (χ1n) is 6.80. The van der Waals surface area contributed by atoms with E-state index in [-0.39, 0.29) is 17.5 Å². The molecule has 5 nitrogen and oxygen atoms in total. The van der Waals surface area contributed by atoms with E-state index in [1.54, 1.807) is 0 Å². The molecule has 1 aliphatic heterocycles. The fourth-order valence-corrected chi connectivity index (χ4v) is 4.41. The average molecular weight is 318 g/mol. The number of aryl methyl sites for hydroxylation is 1. The predicted octanol–water partition coefficient (Wildman–Crippen LogP) is 2.01. The number of nitrogens with zero attached hydrogens (tertiary/aromatic N) is 3. The Kier molecular flexibility index (Phi) is 4.54. The van der Waals surface area contributed by atoms with Gasteiger partial charge >= 0.3 is 0 Å². The highest BCUT2D eigenvalue weighted by atomic mass is 35.5. The summed E-state index contributed by atoms with van der Waals surface area (Å²) in [4.78, 5) is 10.8. The molecule has 2 rings (SSSR count).